The number of aliphatic hydroxyl groups excluding tert-OH is 1. The van der Waals surface area contributed by atoms with Gasteiger partial charge < -0.3 is 14.6 Å². The fraction of sp³-hybridized carbons (Fsp3) is 0.833. The van der Waals surface area contributed by atoms with Gasteiger partial charge in [0.2, 0.25) is 0 Å². The highest BCUT2D eigenvalue weighted by molar-refractivity contribution is 5.90. The van der Waals surface area contributed by atoms with Crippen LogP contribution in [0.25, 0.3) is 0 Å². The first-order chi connectivity index (χ1) is 13.5. The van der Waals surface area contributed by atoms with E-state index in [1.54, 1.807) is 0 Å². The molecule has 0 bridgehead atoms. The third-order valence-electron chi connectivity index (χ3n) is 6.28. The number of carbonyl (C=O) groups is 2. The van der Waals surface area contributed by atoms with Crippen molar-refractivity contribution in [3.05, 3.63) is 11.6 Å². The number of cyclic esters (lactones) is 1. The molecule has 2 atom stereocenters. The molecule has 1 saturated heterocycles. The van der Waals surface area contributed by atoms with Crippen LogP contribution in [-0.4, -0.2) is 35.9 Å². The molecule has 0 spiro atoms. The third kappa shape index (κ3) is 7.76. The number of aliphatic hydroxyl groups is 1. The van der Waals surface area contributed by atoms with Crippen LogP contribution < -0.4 is 0 Å². The number of hydrogen-bond acceptors (Lipinski definition) is 5. The van der Waals surface area contributed by atoms with Crippen LogP contribution in [0.3, 0.4) is 0 Å². The Morgan fingerprint density at radius 3 is 2.00 bits per heavy atom. The molecule has 0 amide bonds. The monoisotopic (exact) mass is 410 g/mol. The van der Waals surface area contributed by atoms with Crippen LogP contribution in [0.2, 0.25) is 0 Å². The molecule has 1 N–H and O–H groups in total. The Kier molecular flexibility index (Phi) is 10.4. The lowest BCUT2D eigenvalue weighted by molar-refractivity contribution is -0.165. The summed E-state index contributed by atoms with van der Waals surface area (Å²) in [6.07, 6.45) is 2.04. The van der Waals surface area contributed by atoms with Gasteiger partial charge in [-0.05, 0) is 41.9 Å². The van der Waals surface area contributed by atoms with E-state index in [2.05, 4.69) is 55.4 Å². The Balaban J connectivity index is 2.73. The van der Waals surface area contributed by atoms with E-state index in [1.165, 1.54) is 0 Å². The predicted octanol–water partition coefficient (Wildman–Crippen LogP) is 4.77. The molecule has 1 aliphatic rings. The van der Waals surface area contributed by atoms with Gasteiger partial charge in [-0.2, -0.15) is 0 Å². The standard InChI is InChI=1S/C24H42O5/c1-14(2)19(15(3)4)10-9-18-11-21(29-24(18)27)22(13-25)28-23(26)12-20(16(5)6)17(7)8/h9,14-17,19-22,25H,10-13H2,1-8H3/b18-9-/t21?,22-/m0/s1. The number of allylic oxidation sites excluding steroid dienone is 1. The van der Waals surface area contributed by atoms with Crippen molar-refractivity contribution >= 4 is 11.9 Å². The first-order valence-corrected chi connectivity index (χ1v) is 11.2. The fourth-order valence-corrected chi connectivity index (χ4v) is 4.40. The lowest BCUT2D eigenvalue weighted by Crippen LogP contribution is -2.35. The number of carbonyl (C=O) groups excluding carboxylic acids is 2. The molecule has 0 aromatic carbocycles. The maximum atomic E-state index is 12.4. The number of rotatable bonds is 11. The topological polar surface area (TPSA) is 72.8 Å². The highest BCUT2D eigenvalue weighted by Crippen LogP contribution is 2.30. The summed E-state index contributed by atoms with van der Waals surface area (Å²) in [6.45, 7) is 16.8. The molecule has 0 aromatic rings. The van der Waals surface area contributed by atoms with E-state index in [0.717, 1.165) is 6.42 Å². The van der Waals surface area contributed by atoms with E-state index in [1.807, 2.05) is 6.08 Å². The van der Waals surface area contributed by atoms with Crippen LogP contribution >= 0.6 is 0 Å². The minimum absolute atomic E-state index is 0.215. The van der Waals surface area contributed by atoms with Gasteiger partial charge in [-0.3, -0.25) is 4.79 Å². The zero-order chi connectivity index (χ0) is 22.3. The molecule has 168 valence electrons. The van der Waals surface area contributed by atoms with Crippen molar-refractivity contribution in [2.24, 2.45) is 35.5 Å². The van der Waals surface area contributed by atoms with Crippen LogP contribution in [0.5, 0.6) is 0 Å². The average molecular weight is 411 g/mol. The zero-order valence-corrected chi connectivity index (χ0v) is 19.6. The van der Waals surface area contributed by atoms with Crippen LogP contribution in [0.4, 0.5) is 0 Å². The minimum atomic E-state index is -0.816. The third-order valence-corrected chi connectivity index (χ3v) is 6.28. The molecule has 5 nitrogen and oxygen atoms in total. The summed E-state index contributed by atoms with van der Waals surface area (Å²) in [7, 11) is 0. The van der Waals surface area contributed by atoms with Crippen molar-refractivity contribution in [3.63, 3.8) is 0 Å². The normalized spacial score (nSPS) is 20.0. The smallest absolute Gasteiger partial charge is 0.334 e. The Hall–Kier alpha value is -1.36. The molecule has 1 aliphatic heterocycles. The second-order valence-electron chi connectivity index (χ2n) is 9.83. The maximum absolute atomic E-state index is 12.4. The first kappa shape index (κ1) is 25.7. The lowest BCUT2D eigenvalue weighted by Gasteiger charge is -2.26. The fourth-order valence-electron chi connectivity index (χ4n) is 4.40. The van der Waals surface area contributed by atoms with Crippen LogP contribution in [0.1, 0.15) is 74.7 Å². The van der Waals surface area contributed by atoms with Gasteiger partial charge in [0.15, 0.2) is 6.10 Å². The molecule has 1 fully saturated rings. The van der Waals surface area contributed by atoms with Crippen molar-refractivity contribution in [2.75, 3.05) is 6.61 Å². The molecular weight excluding hydrogens is 368 g/mol. The van der Waals surface area contributed by atoms with E-state index in [9.17, 15) is 14.7 Å². The highest BCUT2D eigenvalue weighted by Gasteiger charge is 2.37. The molecule has 29 heavy (non-hydrogen) atoms. The highest BCUT2D eigenvalue weighted by atomic mass is 16.6. The summed E-state index contributed by atoms with van der Waals surface area (Å²) in [4.78, 5) is 24.7. The van der Waals surface area contributed by atoms with E-state index in [-0.39, 0.29) is 24.5 Å². The summed E-state index contributed by atoms with van der Waals surface area (Å²) in [5, 5.41) is 9.74. The molecule has 0 aromatic heterocycles. The van der Waals surface area contributed by atoms with Crippen molar-refractivity contribution in [2.45, 2.75) is 86.9 Å². The summed E-state index contributed by atoms with van der Waals surface area (Å²) < 4.78 is 11.0. The molecule has 1 unspecified atom stereocenters. The molecule has 0 saturated carbocycles. The summed E-state index contributed by atoms with van der Waals surface area (Å²) >= 11 is 0. The van der Waals surface area contributed by atoms with Crippen molar-refractivity contribution in [1.82, 2.24) is 0 Å². The predicted molar refractivity (Wildman–Crippen MR) is 115 cm³/mol. The van der Waals surface area contributed by atoms with Gasteiger partial charge in [-0.1, -0.05) is 61.5 Å². The molecule has 1 heterocycles. The van der Waals surface area contributed by atoms with E-state index >= 15 is 0 Å². The van der Waals surface area contributed by atoms with Gasteiger partial charge in [0.05, 0.1) is 6.61 Å². The van der Waals surface area contributed by atoms with Gasteiger partial charge in [-0.15, -0.1) is 0 Å². The SMILES string of the molecule is CC(C)C(C/C=C1/CC([C@H](CO)OC(=O)CC(C(C)C)C(C)C)OC1=O)C(C)C. The second-order valence-corrected chi connectivity index (χ2v) is 9.83. The first-order valence-electron chi connectivity index (χ1n) is 11.2. The Morgan fingerprint density at radius 1 is 1.03 bits per heavy atom. The number of esters is 2. The van der Waals surface area contributed by atoms with Gasteiger partial charge in [0.1, 0.15) is 6.10 Å². The zero-order valence-electron chi connectivity index (χ0n) is 19.6. The van der Waals surface area contributed by atoms with Crippen LogP contribution in [0.15, 0.2) is 11.6 Å². The van der Waals surface area contributed by atoms with Crippen molar-refractivity contribution in [1.29, 1.82) is 0 Å². The summed E-state index contributed by atoms with van der Waals surface area (Å²) in [5.74, 6) is 1.79. The van der Waals surface area contributed by atoms with Crippen molar-refractivity contribution in [3.8, 4) is 0 Å². The van der Waals surface area contributed by atoms with E-state index in [4.69, 9.17) is 9.47 Å². The maximum Gasteiger partial charge on any atom is 0.334 e. The number of ether oxygens (including phenoxy) is 2. The Labute approximate surface area is 177 Å². The Bertz CT molecular complexity index is 546. The van der Waals surface area contributed by atoms with Gasteiger partial charge in [-0.25, -0.2) is 4.79 Å². The molecule has 0 radical (unpaired) electrons. The summed E-state index contributed by atoms with van der Waals surface area (Å²) in [5.41, 5.74) is 0.623. The van der Waals surface area contributed by atoms with Gasteiger partial charge in [0.25, 0.3) is 0 Å². The molecule has 5 heteroatoms. The van der Waals surface area contributed by atoms with Crippen LogP contribution in [0, 0.1) is 35.5 Å². The lowest BCUT2D eigenvalue weighted by atomic mass is 9.82. The van der Waals surface area contributed by atoms with Crippen molar-refractivity contribution < 1.29 is 24.2 Å². The average Bonchev–Trinajstić information content (AvgIpc) is 2.97. The largest absolute Gasteiger partial charge is 0.456 e. The van der Waals surface area contributed by atoms with Crippen LogP contribution in [-0.2, 0) is 19.1 Å². The Morgan fingerprint density at radius 2 is 1.55 bits per heavy atom. The molecule has 0 aliphatic carbocycles. The second kappa shape index (κ2) is 11.7. The van der Waals surface area contributed by atoms with Gasteiger partial charge in [0, 0.05) is 18.4 Å². The minimum Gasteiger partial charge on any atom is -0.456 e. The molecular formula is C24H42O5. The van der Waals surface area contributed by atoms with E-state index in [0.29, 0.717) is 48.0 Å². The molecule has 1 rings (SSSR count). The summed E-state index contributed by atoms with van der Waals surface area (Å²) in [6, 6.07) is 0. The van der Waals surface area contributed by atoms with Gasteiger partial charge >= 0.3 is 11.9 Å². The number of hydrogen-bond donors (Lipinski definition) is 1. The van der Waals surface area contributed by atoms with E-state index < -0.39 is 12.2 Å². The quantitative estimate of drug-likeness (QED) is 0.392.